The second-order valence-corrected chi connectivity index (χ2v) is 8.77. The van der Waals surface area contributed by atoms with Gasteiger partial charge in [0.25, 0.3) is 11.8 Å². The topological polar surface area (TPSA) is 69.7 Å². The van der Waals surface area contributed by atoms with Crippen molar-refractivity contribution in [3.05, 3.63) is 65.2 Å². The summed E-state index contributed by atoms with van der Waals surface area (Å²) in [7, 11) is 0. The highest BCUT2D eigenvalue weighted by molar-refractivity contribution is 6.39. The molecule has 1 atom stereocenters. The minimum atomic E-state index is -0.738. The highest BCUT2D eigenvalue weighted by atomic mass is 16.2. The molecule has 31 heavy (non-hydrogen) atoms. The van der Waals surface area contributed by atoms with Crippen molar-refractivity contribution in [2.24, 2.45) is 0 Å². The number of anilines is 2. The van der Waals surface area contributed by atoms with Crippen molar-refractivity contribution in [1.82, 2.24) is 5.32 Å². The maximum absolute atomic E-state index is 13.1. The number of hydrogen-bond donors (Lipinski definition) is 1. The van der Waals surface area contributed by atoms with Crippen LogP contribution >= 0.6 is 0 Å². The smallest absolute Gasteiger partial charge is 0.335 e. The van der Waals surface area contributed by atoms with Crippen molar-refractivity contribution in [3.63, 3.8) is 0 Å². The fraction of sp³-hybridized carbons (Fsp3) is 0.320. The molecule has 4 amide bonds. The Morgan fingerprint density at radius 1 is 1.10 bits per heavy atom. The van der Waals surface area contributed by atoms with Crippen LogP contribution in [0.4, 0.5) is 16.2 Å². The molecule has 0 saturated carbocycles. The Balaban J connectivity index is 1.73. The second-order valence-electron chi connectivity index (χ2n) is 8.77. The fourth-order valence-electron chi connectivity index (χ4n) is 4.83. The monoisotopic (exact) mass is 417 g/mol. The lowest BCUT2D eigenvalue weighted by Crippen LogP contribution is -2.54. The zero-order valence-corrected chi connectivity index (χ0v) is 18.3. The summed E-state index contributed by atoms with van der Waals surface area (Å²) in [5, 5.41) is 2.28. The molecule has 2 aliphatic heterocycles. The van der Waals surface area contributed by atoms with Gasteiger partial charge in [-0.3, -0.25) is 14.9 Å². The number of benzene rings is 2. The van der Waals surface area contributed by atoms with E-state index in [1.54, 1.807) is 36.4 Å². The van der Waals surface area contributed by atoms with Crippen LogP contribution in [0.1, 0.15) is 51.2 Å². The number of fused-ring (bicyclic) bond motifs is 1. The molecule has 0 aromatic heterocycles. The van der Waals surface area contributed by atoms with E-state index in [0.29, 0.717) is 11.6 Å². The number of amides is 4. The van der Waals surface area contributed by atoms with Crippen LogP contribution in [0, 0.1) is 0 Å². The molecule has 0 radical (unpaired) electrons. The van der Waals surface area contributed by atoms with E-state index in [1.807, 2.05) is 6.07 Å². The van der Waals surface area contributed by atoms with Crippen LogP contribution < -0.4 is 15.1 Å². The van der Waals surface area contributed by atoms with Gasteiger partial charge in [-0.2, -0.15) is 0 Å². The van der Waals surface area contributed by atoms with Crippen molar-refractivity contribution in [2.75, 3.05) is 16.3 Å². The molecule has 1 saturated heterocycles. The molecule has 2 heterocycles. The molecule has 2 aromatic carbocycles. The Morgan fingerprint density at radius 3 is 2.48 bits per heavy atom. The van der Waals surface area contributed by atoms with E-state index in [4.69, 9.17) is 0 Å². The molecule has 4 rings (SSSR count). The lowest BCUT2D eigenvalue weighted by Gasteiger charge is -2.47. The molecule has 0 spiro atoms. The average molecular weight is 418 g/mol. The van der Waals surface area contributed by atoms with E-state index < -0.39 is 17.8 Å². The predicted octanol–water partition coefficient (Wildman–Crippen LogP) is 4.47. The largest absolute Gasteiger partial charge is 0.366 e. The van der Waals surface area contributed by atoms with Crippen molar-refractivity contribution in [1.29, 1.82) is 0 Å². The molecule has 1 unspecified atom stereocenters. The maximum atomic E-state index is 13.1. The van der Waals surface area contributed by atoms with Gasteiger partial charge in [-0.05, 0) is 74.6 Å². The molecule has 2 aromatic rings. The van der Waals surface area contributed by atoms with E-state index in [2.05, 4.69) is 50.0 Å². The minimum Gasteiger partial charge on any atom is -0.366 e. The number of nitrogens with one attached hydrogen (secondary N) is 1. The first-order valence-electron chi connectivity index (χ1n) is 10.6. The number of barbiturate groups is 1. The predicted molar refractivity (Wildman–Crippen MR) is 122 cm³/mol. The van der Waals surface area contributed by atoms with Gasteiger partial charge >= 0.3 is 6.03 Å². The van der Waals surface area contributed by atoms with Gasteiger partial charge in [0.1, 0.15) is 5.57 Å². The summed E-state index contributed by atoms with van der Waals surface area (Å²) < 4.78 is 0. The summed E-state index contributed by atoms with van der Waals surface area (Å²) in [6, 6.07) is 13.9. The van der Waals surface area contributed by atoms with Crippen molar-refractivity contribution in [2.45, 2.75) is 45.6 Å². The minimum absolute atomic E-state index is 0.0560. The first-order chi connectivity index (χ1) is 14.7. The van der Waals surface area contributed by atoms with E-state index in [0.717, 1.165) is 23.4 Å². The molecule has 0 bridgehead atoms. The molecular weight excluding hydrogens is 390 g/mol. The summed E-state index contributed by atoms with van der Waals surface area (Å²) in [5.41, 5.74) is 3.59. The second kappa shape index (κ2) is 7.69. The highest BCUT2D eigenvalue weighted by Crippen LogP contribution is 2.43. The third kappa shape index (κ3) is 3.63. The molecule has 1 N–H and O–H groups in total. The quantitative estimate of drug-likeness (QED) is 0.591. The highest BCUT2D eigenvalue weighted by Gasteiger charge is 2.38. The number of hydrogen-bond acceptors (Lipinski definition) is 4. The molecule has 6 heteroatoms. The fourth-order valence-corrected chi connectivity index (χ4v) is 4.83. The zero-order valence-electron chi connectivity index (χ0n) is 18.3. The van der Waals surface area contributed by atoms with Gasteiger partial charge in [0.2, 0.25) is 0 Å². The summed E-state index contributed by atoms with van der Waals surface area (Å²) >= 11 is 0. The number of rotatable bonds is 3. The summed E-state index contributed by atoms with van der Waals surface area (Å²) in [4.78, 5) is 41.2. The summed E-state index contributed by atoms with van der Waals surface area (Å²) in [6.45, 7) is 9.77. The van der Waals surface area contributed by atoms with Crippen LogP contribution in [0.5, 0.6) is 0 Å². The Bertz CT molecular complexity index is 1090. The van der Waals surface area contributed by atoms with Crippen molar-refractivity contribution >= 4 is 35.3 Å². The van der Waals surface area contributed by atoms with Gasteiger partial charge < -0.3 is 4.90 Å². The van der Waals surface area contributed by atoms with Gasteiger partial charge in [0.05, 0.1) is 5.69 Å². The van der Waals surface area contributed by atoms with Gasteiger partial charge in [0.15, 0.2) is 0 Å². The van der Waals surface area contributed by atoms with E-state index in [-0.39, 0.29) is 11.1 Å². The van der Waals surface area contributed by atoms with Crippen LogP contribution in [0.15, 0.2) is 54.1 Å². The lowest BCUT2D eigenvalue weighted by atomic mass is 9.79. The molecular formula is C25H27N3O3. The maximum Gasteiger partial charge on any atom is 0.335 e. The number of urea groups is 1. The zero-order chi connectivity index (χ0) is 22.3. The van der Waals surface area contributed by atoms with Gasteiger partial charge in [0, 0.05) is 17.8 Å². The molecule has 2 aliphatic rings. The standard InChI is InChI=1S/C25H27N3O3/c1-5-27-21-12-11-17(13-19(21)16(2)15-25(27,3)4)14-20-22(29)26-24(31)28(23(20)30)18-9-7-6-8-10-18/h6-14,16H,5,15H2,1-4H3,(H,26,29,31)/b20-14-. The number of para-hydroxylation sites is 1. The van der Waals surface area contributed by atoms with Gasteiger partial charge in [-0.25, -0.2) is 9.69 Å². The van der Waals surface area contributed by atoms with Crippen LogP contribution in [-0.2, 0) is 9.59 Å². The molecule has 6 nitrogen and oxygen atoms in total. The van der Waals surface area contributed by atoms with Crippen LogP contribution in [0.3, 0.4) is 0 Å². The Labute approximate surface area is 182 Å². The molecule has 160 valence electrons. The number of imide groups is 2. The van der Waals surface area contributed by atoms with E-state index >= 15 is 0 Å². The van der Waals surface area contributed by atoms with Crippen LogP contribution in [0.2, 0.25) is 0 Å². The van der Waals surface area contributed by atoms with Gasteiger partial charge in [-0.15, -0.1) is 0 Å². The van der Waals surface area contributed by atoms with E-state index in [1.165, 1.54) is 11.3 Å². The Kier molecular flexibility index (Phi) is 5.17. The normalized spacial score (nSPS) is 21.9. The lowest BCUT2D eigenvalue weighted by molar-refractivity contribution is -0.122. The molecule has 0 aliphatic carbocycles. The first kappa shape index (κ1) is 20.8. The van der Waals surface area contributed by atoms with Crippen molar-refractivity contribution < 1.29 is 14.4 Å². The number of carbonyl (C=O) groups excluding carboxylic acids is 3. The third-order valence-corrected chi connectivity index (χ3v) is 6.15. The van der Waals surface area contributed by atoms with E-state index in [9.17, 15) is 14.4 Å². The first-order valence-corrected chi connectivity index (χ1v) is 10.6. The molecule has 1 fully saturated rings. The Morgan fingerprint density at radius 2 is 1.81 bits per heavy atom. The number of carbonyl (C=O) groups is 3. The third-order valence-electron chi connectivity index (χ3n) is 6.15. The van der Waals surface area contributed by atoms with Crippen LogP contribution in [0.25, 0.3) is 6.08 Å². The van der Waals surface area contributed by atoms with Crippen LogP contribution in [-0.4, -0.2) is 29.9 Å². The number of nitrogens with zero attached hydrogens (tertiary/aromatic N) is 2. The Hall–Kier alpha value is -3.41. The van der Waals surface area contributed by atoms with Gasteiger partial charge in [-0.1, -0.05) is 31.2 Å². The van der Waals surface area contributed by atoms with Crippen molar-refractivity contribution in [3.8, 4) is 0 Å². The summed E-state index contributed by atoms with van der Waals surface area (Å²) in [5.74, 6) is -0.948. The summed E-state index contributed by atoms with van der Waals surface area (Å²) in [6.07, 6.45) is 2.59. The SMILES string of the molecule is CCN1c2ccc(/C=C3/C(=O)NC(=O)N(c4ccccc4)C3=O)cc2C(C)CC1(C)C. The average Bonchev–Trinajstić information content (AvgIpc) is 2.72.